The minimum Gasteiger partial charge on any atom is -0.396 e. The van der Waals surface area contributed by atoms with Crippen molar-refractivity contribution in [3.8, 4) is 0 Å². The molecule has 0 saturated heterocycles. The van der Waals surface area contributed by atoms with Crippen LogP contribution >= 0.6 is 11.8 Å². The monoisotopic (exact) mass is 223 g/mol. The zero-order valence-electron chi connectivity index (χ0n) is 9.23. The third-order valence-electron chi connectivity index (χ3n) is 2.94. The minimum absolute atomic E-state index is 0.275. The number of benzene rings is 1. The molecule has 1 heterocycles. The van der Waals surface area contributed by atoms with Crippen LogP contribution in [0.2, 0.25) is 0 Å². The van der Waals surface area contributed by atoms with E-state index in [1.165, 1.54) is 16.1 Å². The van der Waals surface area contributed by atoms with Gasteiger partial charge in [-0.05, 0) is 31.0 Å². The van der Waals surface area contributed by atoms with Crippen LogP contribution in [-0.4, -0.2) is 30.6 Å². The van der Waals surface area contributed by atoms with Crippen LogP contribution in [0.3, 0.4) is 0 Å². The summed E-state index contributed by atoms with van der Waals surface area (Å²) in [4.78, 5) is 3.66. The lowest BCUT2D eigenvalue weighted by molar-refractivity contribution is 0.278. The molecule has 82 valence electrons. The standard InChI is InChI=1S/C12H17NOS/c1-9-3-4-12-11(7-9)13(2)10(5-6-14)8-15-12/h3-4,7,10,14H,5-6,8H2,1-2H3. The number of hydrogen-bond acceptors (Lipinski definition) is 3. The normalized spacial score (nSPS) is 20.2. The Bertz CT molecular complexity index is 353. The van der Waals surface area contributed by atoms with Crippen LogP contribution in [0.1, 0.15) is 12.0 Å². The van der Waals surface area contributed by atoms with Gasteiger partial charge in [-0.3, -0.25) is 0 Å². The zero-order chi connectivity index (χ0) is 10.8. The molecular weight excluding hydrogens is 206 g/mol. The Morgan fingerprint density at radius 2 is 2.33 bits per heavy atom. The molecule has 3 heteroatoms. The van der Waals surface area contributed by atoms with E-state index in [4.69, 9.17) is 5.11 Å². The maximum Gasteiger partial charge on any atom is 0.0507 e. The van der Waals surface area contributed by atoms with Crippen LogP contribution in [0.15, 0.2) is 23.1 Å². The topological polar surface area (TPSA) is 23.5 Å². The molecule has 1 aromatic rings. The number of fused-ring (bicyclic) bond motifs is 1. The van der Waals surface area contributed by atoms with Gasteiger partial charge in [-0.2, -0.15) is 0 Å². The molecule has 0 amide bonds. The Hall–Kier alpha value is -0.670. The quantitative estimate of drug-likeness (QED) is 0.832. The molecule has 1 N–H and O–H groups in total. The van der Waals surface area contributed by atoms with Gasteiger partial charge in [0.1, 0.15) is 0 Å². The summed E-state index contributed by atoms with van der Waals surface area (Å²) in [6.45, 7) is 2.39. The molecule has 0 saturated carbocycles. The molecule has 1 unspecified atom stereocenters. The van der Waals surface area contributed by atoms with Crippen molar-refractivity contribution in [1.82, 2.24) is 0 Å². The van der Waals surface area contributed by atoms with E-state index in [0.717, 1.165) is 12.2 Å². The summed E-state index contributed by atoms with van der Waals surface area (Å²) >= 11 is 1.90. The fourth-order valence-corrected chi connectivity index (χ4v) is 3.22. The molecule has 0 spiro atoms. The average Bonchev–Trinajstić information content (AvgIpc) is 2.23. The first-order chi connectivity index (χ1) is 7.22. The molecule has 1 aliphatic rings. The van der Waals surface area contributed by atoms with Gasteiger partial charge in [0.05, 0.1) is 5.69 Å². The highest BCUT2D eigenvalue weighted by atomic mass is 32.2. The molecule has 0 radical (unpaired) electrons. The largest absolute Gasteiger partial charge is 0.396 e. The Morgan fingerprint density at radius 1 is 1.53 bits per heavy atom. The molecule has 1 aromatic carbocycles. The highest BCUT2D eigenvalue weighted by molar-refractivity contribution is 7.99. The fraction of sp³-hybridized carbons (Fsp3) is 0.500. The van der Waals surface area contributed by atoms with Gasteiger partial charge >= 0.3 is 0 Å². The molecule has 1 atom stereocenters. The Morgan fingerprint density at radius 3 is 3.07 bits per heavy atom. The smallest absolute Gasteiger partial charge is 0.0507 e. The van der Waals surface area contributed by atoms with E-state index in [9.17, 15) is 0 Å². The lowest BCUT2D eigenvalue weighted by atomic mass is 10.1. The van der Waals surface area contributed by atoms with Gasteiger partial charge in [-0.1, -0.05) is 6.07 Å². The van der Waals surface area contributed by atoms with Crippen LogP contribution < -0.4 is 4.90 Å². The van der Waals surface area contributed by atoms with Gasteiger partial charge < -0.3 is 10.0 Å². The lowest BCUT2D eigenvalue weighted by Gasteiger charge is -2.35. The summed E-state index contributed by atoms with van der Waals surface area (Å²) in [5.74, 6) is 1.08. The van der Waals surface area contributed by atoms with Crippen molar-refractivity contribution in [3.05, 3.63) is 23.8 Å². The lowest BCUT2D eigenvalue weighted by Crippen LogP contribution is -2.37. The number of aryl methyl sites for hydroxylation is 1. The Labute approximate surface area is 95.3 Å². The summed E-state index contributed by atoms with van der Waals surface area (Å²) in [7, 11) is 2.12. The van der Waals surface area contributed by atoms with Crippen LogP contribution in [0.5, 0.6) is 0 Å². The number of thioether (sulfide) groups is 1. The molecule has 2 nitrogen and oxygen atoms in total. The fourth-order valence-electron chi connectivity index (χ4n) is 1.95. The van der Waals surface area contributed by atoms with Crippen LogP contribution in [0.4, 0.5) is 5.69 Å². The number of aliphatic hydroxyl groups is 1. The van der Waals surface area contributed by atoms with Gasteiger partial charge in [-0.15, -0.1) is 11.8 Å². The number of nitrogens with zero attached hydrogens (tertiary/aromatic N) is 1. The van der Waals surface area contributed by atoms with E-state index < -0.39 is 0 Å². The molecule has 0 bridgehead atoms. The molecule has 0 fully saturated rings. The minimum atomic E-state index is 0.275. The van der Waals surface area contributed by atoms with Gasteiger partial charge in [0.15, 0.2) is 0 Å². The van der Waals surface area contributed by atoms with Crippen molar-refractivity contribution in [1.29, 1.82) is 0 Å². The van der Waals surface area contributed by atoms with Crippen molar-refractivity contribution in [2.24, 2.45) is 0 Å². The number of rotatable bonds is 2. The van der Waals surface area contributed by atoms with Crippen molar-refractivity contribution in [3.63, 3.8) is 0 Å². The van der Waals surface area contributed by atoms with E-state index in [1.807, 2.05) is 11.8 Å². The third kappa shape index (κ3) is 2.13. The van der Waals surface area contributed by atoms with E-state index >= 15 is 0 Å². The zero-order valence-corrected chi connectivity index (χ0v) is 10.0. The van der Waals surface area contributed by atoms with Crippen LogP contribution in [-0.2, 0) is 0 Å². The Balaban J connectivity index is 2.28. The number of hydrogen-bond donors (Lipinski definition) is 1. The van der Waals surface area contributed by atoms with Gasteiger partial charge in [0.25, 0.3) is 0 Å². The highest BCUT2D eigenvalue weighted by Crippen LogP contribution is 2.37. The van der Waals surface area contributed by atoms with Crippen LogP contribution in [0.25, 0.3) is 0 Å². The van der Waals surface area contributed by atoms with Gasteiger partial charge in [0, 0.05) is 30.3 Å². The van der Waals surface area contributed by atoms with Gasteiger partial charge in [0.2, 0.25) is 0 Å². The van der Waals surface area contributed by atoms with E-state index in [2.05, 4.69) is 37.1 Å². The second-order valence-corrected chi connectivity index (χ2v) is 5.12. The number of aliphatic hydroxyl groups excluding tert-OH is 1. The maximum atomic E-state index is 9.00. The summed E-state index contributed by atoms with van der Waals surface area (Å²) in [5.41, 5.74) is 2.61. The van der Waals surface area contributed by atoms with Crippen LogP contribution in [0, 0.1) is 6.92 Å². The highest BCUT2D eigenvalue weighted by Gasteiger charge is 2.23. The maximum absolute atomic E-state index is 9.00. The summed E-state index contributed by atoms with van der Waals surface area (Å²) in [6.07, 6.45) is 0.858. The molecule has 0 aliphatic carbocycles. The predicted molar refractivity (Wildman–Crippen MR) is 65.8 cm³/mol. The second-order valence-electron chi connectivity index (χ2n) is 4.06. The number of anilines is 1. The first-order valence-corrected chi connectivity index (χ1v) is 6.28. The summed E-state index contributed by atoms with van der Waals surface area (Å²) in [6, 6.07) is 7.05. The summed E-state index contributed by atoms with van der Waals surface area (Å²) < 4.78 is 0. The Kier molecular flexibility index (Phi) is 3.22. The van der Waals surface area contributed by atoms with E-state index in [-0.39, 0.29) is 6.61 Å². The van der Waals surface area contributed by atoms with Crippen molar-refractivity contribution >= 4 is 17.4 Å². The third-order valence-corrected chi connectivity index (χ3v) is 4.14. The SMILES string of the molecule is Cc1ccc2c(c1)N(C)C(CCO)CS2. The second kappa shape index (κ2) is 4.45. The van der Waals surface area contributed by atoms with Gasteiger partial charge in [-0.25, -0.2) is 0 Å². The molecule has 1 aliphatic heterocycles. The van der Waals surface area contributed by atoms with Crippen molar-refractivity contribution < 1.29 is 5.11 Å². The molecule has 0 aromatic heterocycles. The van der Waals surface area contributed by atoms with E-state index in [0.29, 0.717) is 6.04 Å². The molecular formula is C12H17NOS. The first-order valence-electron chi connectivity index (χ1n) is 5.29. The molecule has 2 rings (SSSR count). The van der Waals surface area contributed by atoms with Crippen molar-refractivity contribution in [2.45, 2.75) is 24.3 Å². The first kappa shape index (κ1) is 10.8. The predicted octanol–water partition coefficient (Wildman–Crippen LogP) is 2.29. The molecule has 15 heavy (non-hydrogen) atoms. The van der Waals surface area contributed by atoms with Crippen molar-refractivity contribution in [2.75, 3.05) is 24.3 Å². The van der Waals surface area contributed by atoms with E-state index in [1.54, 1.807) is 0 Å². The average molecular weight is 223 g/mol. The summed E-state index contributed by atoms with van der Waals surface area (Å²) in [5, 5.41) is 9.00.